The summed E-state index contributed by atoms with van der Waals surface area (Å²) in [6, 6.07) is 5.63. The molecule has 0 spiro atoms. The lowest BCUT2D eigenvalue weighted by molar-refractivity contribution is -0.389. The summed E-state index contributed by atoms with van der Waals surface area (Å²) in [5.74, 6) is -0.546. The molecule has 1 aromatic rings. The molecule has 0 bridgehead atoms. The topological polar surface area (TPSA) is 108 Å². The standard InChI is InChI=1S/C12H15NO7/c1-2-12(15)18-8-9(7-14)19-20-11-6-4-3-5-10(11)13(16)17/h3-6,9,14H,2,7-8H2,1H3. The van der Waals surface area contributed by atoms with Crippen LogP contribution in [0.4, 0.5) is 5.69 Å². The first-order valence-electron chi connectivity index (χ1n) is 5.91. The second-order valence-electron chi connectivity index (χ2n) is 3.75. The largest absolute Gasteiger partial charge is 0.463 e. The molecule has 0 saturated carbocycles. The summed E-state index contributed by atoms with van der Waals surface area (Å²) in [5, 5.41) is 19.8. The number of aliphatic hydroxyl groups is 1. The quantitative estimate of drug-likeness (QED) is 0.331. The van der Waals surface area contributed by atoms with Crippen molar-refractivity contribution in [2.75, 3.05) is 13.2 Å². The normalized spacial score (nSPS) is 11.7. The molecular formula is C12H15NO7. The Bertz CT molecular complexity index is 463. The number of esters is 1. The molecule has 1 aromatic carbocycles. The van der Waals surface area contributed by atoms with Gasteiger partial charge in [-0.3, -0.25) is 14.9 Å². The van der Waals surface area contributed by atoms with Gasteiger partial charge in [-0.15, -0.1) is 0 Å². The molecule has 20 heavy (non-hydrogen) atoms. The number of nitrogens with zero attached hydrogens (tertiary/aromatic N) is 1. The third-order valence-electron chi connectivity index (χ3n) is 2.26. The highest BCUT2D eigenvalue weighted by atomic mass is 17.2. The fraction of sp³-hybridized carbons (Fsp3) is 0.417. The van der Waals surface area contributed by atoms with Crippen molar-refractivity contribution in [1.82, 2.24) is 0 Å². The number of rotatable bonds is 8. The van der Waals surface area contributed by atoms with Crippen molar-refractivity contribution in [3.63, 3.8) is 0 Å². The van der Waals surface area contributed by atoms with Crippen molar-refractivity contribution in [2.24, 2.45) is 0 Å². The van der Waals surface area contributed by atoms with Gasteiger partial charge < -0.3 is 14.7 Å². The Balaban J connectivity index is 2.56. The van der Waals surface area contributed by atoms with E-state index in [1.807, 2.05) is 0 Å². The summed E-state index contributed by atoms with van der Waals surface area (Å²) in [7, 11) is 0. The van der Waals surface area contributed by atoms with E-state index in [1.165, 1.54) is 24.3 Å². The number of aliphatic hydroxyl groups excluding tert-OH is 1. The molecule has 1 unspecified atom stereocenters. The van der Waals surface area contributed by atoms with Gasteiger partial charge in [0.1, 0.15) is 6.61 Å². The van der Waals surface area contributed by atoms with Gasteiger partial charge in [0, 0.05) is 12.5 Å². The first kappa shape index (κ1) is 15.9. The van der Waals surface area contributed by atoms with E-state index < -0.39 is 23.6 Å². The van der Waals surface area contributed by atoms with Crippen LogP contribution in [-0.2, 0) is 14.4 Å². The van der Waals surface area contributed by atoms with Gasteiger partial charge in [-0.05, 0) is 6.07 Å². The first-order chi connectivity index (χ1) is 9.58. The van der Waals surface area contributed by atoms with E-state index >= 15 is 0 Å². The Labute approximate surface area is 114 Å². The smallest absolute Gasteiger partial charge is 0.315 e. The first-order valence-corrected chi connectivity index (χ1v) is 5.91. The highest BCUT2D eigenvalue weighted by Crippen LogP contribution is 2.26. The number of benzene rings is 1. The SMILES string of the molecule is CCC(=O)OCC(CO)OOc1ccccc1[N+](=O)[O-]. The molecule has 0 aliphatic carbocycles. The van der Waals surface area contributed by atoms with E-state index in [4.69, 9.17) is 19.6 Å². The molecule has 0 radical (unpaired) electrons. The molecule has 0 aromatic heterocycles. The molecule has 110 valence electrons. The van der Waals surface area contributed by atoms with Gasteiger partial charge in [0.2, 0.25) is 5.75 Å². The van der Waals surface area contributed by atoms with Crippen molar-refractivity contribution >= 4 is 11.7 Å². The predicted molar refractivity (Wildman–Crippen MR) is 66.9 cm³/mol. The summed E-state index contributed by atoms with van der Waals surface area (Å²) in [4.78, 5) is 30.7. The maximum Gasteiger partial charge on any atom is 0.315 e. The minimum absolute atomic E-state index is 0.0993. The third kappa shape index (κ3) is 4.82. The van der Waals surface area contributed by atoms with E-state index in [0.29, 0.717) is 0 Å². The fourth-order valence-corrected chi connectivity index (χ4v) is 1.20. The van der Waals surface area contributed by atoms with Gasteiger partial charge in [0.15, 0.2) is 6.10 Å². The number of nitro groups is 1. The molecule has 8 nitrogen and oxygen atoms in total. The average Bonchev–Trinajstić information content (AvgIpc) is 2.47. The van der Waals surface area contributed by atoms with Crippen LogP contribution < -0.4 is 4.89 Å². The number of carbonyl (C=O) groups excluding carboxylic acids is 1. The molecular weight excluding hydrogens is 270 g/mol. The van der Waals surface area contributed by atoms with E-state index in [-0.39, 0.29) is 24.5 Å². The summed E-state index contributed by atoms with van der Waals surface area (Å²) >= 11 is 0. The Morgan fingerprint density at radius 3 is 2.75 bits per heavy atom. The van der Waals surface area contributed by atoms with Crippen LogP contribution in [0.25, 0.3) is 0 Å². The fourth-order valence-electron chi connectivity index (χ4n) is 1.20. The van der Waals surface area contributed by atoms with Crippen LogP contribution in [0, 0.1) is 10.1 Å². The molecule has 0 amide bonds. The Kier molecular flexibility index (Phi) is 6.41. The highest BCUT2D eigenvalue weighted by molar-refractivity contribution is 5.68. The number of ether oxygens (including phenoxy) is 1. The highest BCUT2D eigenvalue weighted by Gasteiger charge is 2.18. The summed E-state index contributed by atoms with van der Waals surface area (Å²) in [5.41, 5.74) is -0.269. The van der Waals surface area contributed by atoms with E-state index in [1.54, 1.807) is 6.92 Å². The molecule has 0 fully saturated rings. The number of hydrogen-bond donors (Lipinski definition) is 1. The molecule has 0 aliphatic rings. The van der Waals surface area contributed by atoms with Crippen molar-refractivity contribution in [3.05, 3.63) is 34.4 Å². The zero-order chi connectivity index (χ0) is 15.0. The summed E-state index contributed by atoms with van der Waals surface area (Å²) in [6.07, 6.45) is -0.728. The molecule has 1 N–H and O–H groups in total. The van der Waals surface area contributed by atoms with Gasteiger partial charge in [-0.2, -0.15) is 4.89 Å². The molecule has 8 heteroatoms. The van der Waals surface area contributed by atoms with Crippen LogP contribution >= 0.6 is 0 Å². The van der Waals surface area contributed by atoms with Crippen LogP contribution in [0.15, 0.2) is 24.3 Å². The molecule has 0 saturated heterocycles. The average molecular weight is 285 g/mol. The van der Waals surface area contributed by atoms with Crippen molar-refractivity contribution in [1.29, 1.82) is 0 Å². The number of carbonyl (C=O) groups is 1. The van der Waals surface area contributed by atoms with Crippen molar-refractivity contribution < 1.29 is 29.3 Å². The van der Waals surface area contributed by atoms with Gasteiger partial charge in [0.05, 0.1) is 11.5 Å². The lowest BCUT2D eigenvalue weighted by Gasteiger charge is -2.14. The van der Waals surface area contributed by atoms with Crippen molar-refractivity contribution in [2.45, 2.75) is 19.4 Å². The Hall–Kier alpha value is -2.19. The number of para-hydroxylation sites is 2. The summed E-state index contributed by atoms with van der Waals surface area (Å²) < 4.78 is 4.77. The monoisotopic (exact) mass is 285 g/mol. The maximum absolute atomic E-state index is 11.0. The van der Waals surface area contributed by atoms with E-state index in [0.717, 1.165) is 0 Å². The second kappa shape index (κ2) is 8.08. The zero-order valence-corrected chi connectivity index (χ0v) is 10.9. The minimum Gasteiger partial charge on any atom is -0.463 e. The van der Waals surface area contributed by atoms with E-state index in [9.17, 15) is 14.9 Å². The molecule has 1 atom stereocenters. The van der Waals surface area contributed by atoms with E-state index in [2.05, 4.69) is 0 Å². The van der Waals surface area contributed by atoms with Crippen LogP contribution in [0.5, 0.6) is 5.75 Å². The van der Waals surface area contributed by atoms with Gasteiger partial charge in [0.25, 0.3) is 0 Å². The third-order valence-corrected chi connectivity index (χ3v) is 2.26. The van der Waals surface area contributed by atoms with Gasteiger partial charge in [-0.25, -0.2) is 0 Å². The lowest BCUT2D eigenvalue weighted by Crippen LogP contribution is -2.27. The second-order valence-corrected chi connectivity index (χ2v) is 3.75. The predicted octanol–water partition coefficient (Wildman–Crippen LogP) is 1.22. The van der Waals surface area contributed by atoms with Gasteiger partial charge >= 0.3 is 11.7 Å². The number of nitro benzene ring substituents is 1. The van der Waals surface area contributed by atoms with Crippen LogP contribution in [0.3, 0.4) is 0 Å². The Morgan fingerprint density at radius 2 is 2.15 bits per heavy atom. The lowest BCUT2D eigenvalue weighted by atomic mass is 10.3. The van der Waals surface area contributed by atoms with Crippen LogP contribution in [0.1, 0.15) is 13.3 Å². The minimum atomic E-state index is -0.926. The van der Waals surface area contributed by atoms with Gasteiger partial charge in [-0.1, -0.05) is 19.1 Å². The zero-order valence-electron chi connectivity index (χ0n) is 10.9. The van der Waals surface area contributed by atoms with Crippen molar-refractivity contribution in [3.8, 4) is 5.75 Å². The molecule has 0 heterocycles. The van der Waals surface area contributed by atoms with Crippen LogP contribution in [-0.4, -0.2) is 35.3 Å². The molecule has 1 rings (SSSR count). The molecule has 0 aliphatic heterocycles. The Morgan fingerprint density at radius 1 is 1.45 bits per heavy atom. The summed E-state index contributed by atoms with van der Waals surface area (Å²) in [6.45, 7) is 0.961. The van der Waals surface area contributed by atoms with Crippen LogP contribution in [0.2, 0.25) is 0 Å². The maximum atomic E-state index is 11.0. The number of hydrogen-bond acceptors (Lipinski definition) is 7.